The second-order valence-electron chi connectivity index (χ2n) is 8.34. The van der Waals surface area contributed by atoms with Gasteiger partial charge in [-0.3, -0.25) is 14.4 Å². The smallest absolute Gasteiger partial charge is 0.256 e. The first-order valence-electron chi connectivity index (χ1n) is 11.0. The first-order chi connectivity index (χ1) is 15.5. The van der Waals surface area contributed by atoms with Crippen molar-refractivity contribution in [1.29, 1.82) is 0 Å². The SMILES string of the molecule is O=C1Nc2ccc(F)cc2C1=Cc1[nH]c2c(c1CCC(=O)N1CCOCC1)C(=O)CCC2. The Morgan fingerprint density at radius 3 is 2.81 bits per heavy atom. The summed E-state index contributed by atoms with van der Waals surface area (Å²) in [5.74, 6) is -0.664. The first kappa shape index (κ1) is 20.6. The fourth-order valence-corrected chi connectivity index (χ4v) is 4.73. The standard InChI is InChI=1S/C24H24FN3O4/c25-14-4-6-18-16(12-14)17(24(31)27-18)13-20-15(23-19(26-20)2-1-3-21(23)29)5-7-22(30)28-8-10-32-11-9-28/h4,6,12-13,26H,1-3,5,7-11H2,(H,27,31). The zero-order chi connectivity index (χ0) is 22.2. The number of aryl methyl sites for hydroxylation is 1. The van der Waals surface area contributed by atoms with Crippen molar-refractivity contribution in [2.24, 2.45) is 0 Å². The van der Waals surface area contributed by atoms with E-state index in [2.05, 4.69) is 10.3 Å². The second kappa shape index (κ2) is 8.35. The van der Waals surface area contributed by atoms with Gasteiger partial charge < -0.3 is 19.9 Å². The number of carbonyl (C=O) groups is 3. The van der Waals surface area contributed by atoms with E-state index in [9.17, 15) is 18.8 Å². The van der Waals surface area contributed by atoms with Crippen molar-refractivity contribution in [1.82, 2.24) is 9.88 Å². The monoisotopic (exact) mass is 437 g/mol. The van der Waals surface area contributed by atoms with E-state index in [0.717, 1.165) is 24.1 Å². The number of carbonyl (C=O) groups excluding carboxylic acids is 3. The molecule has 0 unspecified atom stereocenters. The molecule has 2 N–H and O–H groups in total. The average molecular weight is 437 g/mol. The molecule has 1 saturated heterocycles. The predicted octanol–water partition coefficient (Wildman–Crippen LogP) is 2.96. The molecule has 166 valence electrons. The van der Waals surface area contributed by atoms with Crippen molar-refractivity contribution in [2.45, 2.75) is 32.1 Å². The van der Waals surface area contributed by atoms with E-state index >= 15 is 0 Å². The Kier molecular flexibility index (Phi) is 5.38. The number of halogens is 1. The number of rotatable bonds is 4. The van der Waals surface area contributed by atoms with Crippen LogP contribution in [0.1, 0.15) is 52.1 Å². The lowest BCUT2D eigenvalue weighted by Crippen LogP contribution is -2.40. The number of aromatic amines is 1. The Labute approximate surface area is 184 Å². The molecule has 2 aromatic rings. The molecule has 1 aliphatic carbocycles. The highest BCUT2D eigenvalue weighted by molar-refractivity contribution is 6.35. The quantitative estimate of drug-likeness (QED) is 0.720. The Bertz CT molecular complexity index is 1140. The number of H-pyrrole nitrogens is 1. The highest BCUT2D eigenvalue weighted by Gasteiger charge is 2.29. The Morgan fingerprint density at radius 2 is 2.00 bits per heavy atom. The summed E-state index contributed by atoms with van der Waals surface area (Å²) in [5.41, 5.74) is 4.28. The van der Waals surface area contributed by atoms with Crippen LogP contribution in [-0.4, -0.2) is 53.8 Å². The molecule has 2 aliphatic heterocycles. The summed E-state index contributed by atoms with van der Waals surface area (Å²) >= 11 is 0. The Hall–Kier alpha value is -3.26. The van der Waals surface area contributed by atoms with E-state index < -0.39 is 5.82 Å². The lowest BCUT2D eigenvalue weighted by Gasteiger charge is -2.27. The number of Topliss-reactive ketones (excluding diaryl/α,β-unsaturated/α-hetero) is 1. The van der Waals surface area contributed by atoms with Gasteiger partial charge >= 0.3 is 0 Å². The van der Waals surface area contributed by atoms with Gasteiger partial charge in [-0.15, -0.1) is 0 Å². The van der Waals surface area contributed by atoms with E-state index in [-0.39, 0.29) is 24.0 Å². The highest BCUT2D eigenvalue weighted by Crippen LogP contribution is 2.36. The maximum Gasteiger partial charge on any atom is 0.256 e. The van der Waals surface area contributed by atoms with Crippen LogP contribution in [-0.2, 0) is 27.2 Å². The summed E-state index contributed by atoms with van der Waals surface area (Å²) in [5, 5.41) is 2.75. The fraction of sp³-hybridized carbons (Fsp3) is 0.375. The molecule has 2 amide bonds. The summed E-state index contributed by atoms with van der Waals surface area (Å²) in [6.45, 7) is 2.21. The minimum atomic E-state index is -0.427. The van der Waals surface area contributed by atoms with Gasteiger partial charge in [0.25, 0.3) is 5.91 Å². The summed E-state index contributed by atoms with van der Waals surface area (Å²) in [4.78, 5) is 43.1. The second-order valence-corrected chi connectivity index (χ2v) is 8.34. The topological polar surface area (TPSA) is 91.5 Å². The third kappa shape index (κ3) is 3.75. The highest BCUT2D eigenvalue weighted by atomic mass is 19.1. The molecule has 32 heavy (non-hydrogen) atoms. The lowest BCUT2D eigenvalue weighted by atomic mass is 9.91. The van der Waals surface area contributed by atoms with Gasteiger partial charge in [0.1, 0.15) is 5.82 Å². The number of nitrogens with zero attached hydrogens (tertiary/aromatic N) is 1. The first-order valence-corrected chi connectivity index (χ1v) is 11.0. The third-order valence-corrected chi connectivity index (χ3v) is 6.33. The number of morpholine rings is 1. The molecule has 1 aromatic heterocycles. The molecular formula is C24H24FN3O4. The molecule has 0 atom stereocenters. The van der Waals surface area contributed by atoms with Crippen LogP contribution < -0.4 is 5.32 Å². The van der Waals surface area contributed by atoms with Gasteiger partial charge in [-0.1, -0.05) is 0 Å². The van der Waals surface area contributed by atoms with Crippen molar-refractivity contribution in [3.63, 3.8) is 0 Å². The van der Waals surface area contributed by atoms with Crippen LogP contribution in [0.15, 0.2) is 18.2 Å². The molecule has 0 saturated carbocycles. The Morgan fingerprint density at radius 1 is 1.19 bits per heavy atom. The van der Waals surface area contributed by atoms with Crippen molar-refractivity contribution < 1.29 is 23.5 Å². The van der Waals surface area contributed by atoms with Crippen LogP contribution in [0.2, 0.25) is 0 Å². The number of anilines is 1. The van der Waals surface area contributed by atoms with Crippen LogP contribution in [0, 0.1) is 5.82 Å². The summed E-state index contributed by atoms with van der Waals surface area (Å²) < 4.78 is 19.1. The number of fused-ring (bicyclic) bond motifs is 2. The van der Waals surface area contributed by atoms with Crippen molar-refractivity contribution >= 4 is 34.9 Å². The molecule has 5 rings (SSSR count). The van der Waals surface area contributed by atoms with E-state index in [4.69, 9.17) is 4.74 Å². The van der Waals surface area contributed by atoms with Gasteiger partial charge in [-0.2, -0.15) is 0 Å². The van der Waals surface area contributed by atoms with E-state index in [0.29, 0.717) is 67.2 Å². The fourth-order valence-electron chi connectivity index (χ4n) is 4.73. The number of ether oxygens (including phenoxy) is 1. The molecule has 0 radical (unpaired) electrons. The maximum absolute atomic E-state index is 13.8. The summed E-state index contributed by atoms with van der Waals surface area (Å²) in [6, 6.07) is 4.17. The predicted molar refractivity (Wildman–Crippen MR) is 117 cm³/mol. The largest absolute Gasteiger partial charge is 0.378 e. The zero-order valence-electron chi connectivity index (χ0n) is 17.6. The molecule has 1 fully saturated rings. The minimum absolute atomic E-state index is 0.0242. The van der Waals surface area contributed by atoms with E-state index in [1.807, 2.05) is 0 Å². The van der Waals surface area contributed by atoms with E-state index in [1.54, 1.807) is 11.0 Å². The number of hydrogen-bond donors (Lipinski definition) is 2. The molecule has 8 heteroatoms. The van der Waals surface area contributed by atoms with Crippen LogP contribution in [0.5, 0.6) is 0 Å². The lowest BCUT2D eigenvalue weighted by molar-refractivity contribution is -0.135. The van der Waals surface area contributed by atoms with Gasteiger partial charge in [-0.25, -0.2) is 4.39 Å². The number of amides is 2. The number of benzene rings is 1. The molecular weight excluding hydrogens is 413 g/mol. The maximum atomic E-state index is 13.8. The Balaban J connectivity index is 1.50. The van der Waals surface area contributed by atoms with Gasteiger partial charge in [0.2, 0.25) is 5.91 Å². The van der Waals surface area contributed by atoms with Crippen molar-refractivity contribution in [3.05, 3.63) is 52.1 Å². The average Bonchev–Trinajstić information content (AvgIpc) is 3.30. The zero-order valence-corrected chi connectivity index (χ0v) is 17.6. The summed E-state index contributed by atoms with van der Waals surface area (Å²) in [6.07, 6.45) is 4.32. The van der Waals surface area contributed by atoms with Crippen LogP contribution >= 0.6 is 0 Å². The number of hydrogen-bond acceptors (Lipinski definition) is 4. The van der Waals surface area contributed by atoms with Crippen LogP contribution in [0.3, 0.4) is 0 Å². The number of nitrogens with one attached hydrogen (secondary N) is 2. The molecule has 3 aliphatic rings. The minimum Gasteiger partial charge on any atom is -0.378 e. The third-order valence-electron chi connectivity index (χ3n) is 6.33. The van der Waals surface area contributed by atoms with Crippen molar-refractivity contribution in [3.8, 4) is 0 Å². The number of aromatic nitrogens is 1. The van der Waals surface area contributed by atoms with Crippen LogP contribution in [0.4, 0.5) is 10.1 Å². The van der Waals surface area contributed by atoms with Gasteiger partial charge in [-0.05, 0) is 49.1 Å². The summed E-state index contributed by atoms with van der Waals surface area (Å²) in [7, 11) is 0. The van der Waals surface area contributed by atoms with Gasteiger partial charge in [0.05, 0.1) is 18.8 Å². The number of ketones is 1. The van der Waals surface area contributed by atoms with Crippen molar-refractivity contribution in [2.75, 3.05) is 31.6 Å². The normalized spacial score (nSPS) is 19.2. The molecule has 0 spiro atoms. The molecule has 7 nitrogen and oxygen atoms in total. The molecule has 3 heterocycles. The van der Waals surface area contributed by atoms with Gasteiger partial charge in [0, 0.05) is 54.1 Å². The molecule has 1 aromatic carbocycles. The van der Waals surface area contributed by atoms with Crippen LogP contribution in [0.25, 0.3) is 11.6 Å². The molecule has 0 bridgehead atoms. The van der Waals surface area contributed by atoms with Gasteiger partial charge in [0.15, 0.2) is 5.78 Å². The van der Waals surface area contributed by atoms with E-state index in [1.165, 1.54) is 18.2 Å².